The smallest absolute Gasteiger partial charge is 0.375 e. The molecule has 1 aliphatic heterocycles. The Morgan fingerprint density at radius 1 is 1.33 bits per heavy atom. The first-order valence-electron chi connectivity index (χ1n) is 7.09. The van der Waals surface area contributed by atoms with Crippen molar-refractivity contribution in [1.29, 1.82) is 0 Å². The second kappa shape index (κ2) is 7.51. The SMILES string of the molecule is CCNC(Cc1ccc(C(F)(F)F)cc1)C1CSCCO1. The van der Waals surface area contributed by atoms with E-state index in [9.17, 15) is 13.2 Å². The highest BCUT2D eigenvalue weighted by Crippen LogP contribution is 2.29. The summed E-state index contributed by atoms with van der Waals surface area (Å²) in [5.74, 6) is 1.94. The van der Waals surface area contributed by atoms with E-state index >= 15 is 0 Å². The van der Waals surface area contributed by atoms with Gasteiger partial charge in [0, 0.05) is 17.5 Å². The van der Waals surface area contributed by atoms with E-state index in [-0.39, 0.29) is 12.1 Å². The highest BCUT2D eigenvalue weighted by molar-refractivity contribution is 7.99. The van der Waals surface area contributed by atoms with Gasteiger partial charge in [-0.25, -0.2) is 0 Å². The second-order valence-corrected chi connectivity index (χ2v) is 6.20. The fourth-order valence-electron chi connectivity index (χ4n) is 2.42. The average molecular weight is 319 g/mol. The van der Waals surface area contributed by atoms with Crippen molar-refractivity contribution in [3.63, 3.8) is 0 Å². The monoisotopic (exact) mass is 319 g/mol. The molecule has 1 heterocycles. The molecule has 1 N–H and O–H groups in total. The van der Waals surface area contributed by atoms with Crippen LogP contribution in [0.25, 0.3) is 0 Å². The molecule has 0 bridgehead atoms. The van der Waals surface area contributed by atoms with Crippen molar-refractivity contribution in [1.82, 2.24) is 5.32 Å². The van der Waals surface area contributed by atoms with E-state index in [0.717, 1.165) is 42.4 Å². The molecule has 118 valence electrons. The van der Waals surface area contributed by atoms with E-state index in [2.05, 4.69) is 5.32 Å². The van der Waals surface area contributed by atoms with Crippen LogP contribution in [0.3, 0.4) is 0 Å². The number of halogens is 3. The normalized spacial score (nSPS) is 21.2. The first-order chi connectivity index (χ1) is 10.0. The van der Waals surface area contributed by atoms with Crippen LogP contribution < -0.4 is 5.32 Å². The summed E-state index contributed by atoms with van der Waals surface area (Å²) in [6.07, 6.45) is -3.48. The molecule has 2 unspecified atom stereocenters. The first kappa shape index (κ1) is 16.6. The van der Waals surface area contributed by atoms with Crippen LogP contribution in [0.4, 0.5) is 13.2 Å². The maximum Gasteiger partial charge on any atom is 0.416 e. The van der Waals surface area contributed by atoms with E-state index in [1.54, 1.807) is 12.1 Å². The summed E-state index contributed by atoms with van der Waals surface area (Å²) in [4.78, 5) is 0. The number of likely N-dealkylation sites (N-methyl/N-ethyl adjacent to an activating group) is 1. The molecule has 0 saturated carbocycles. The average Bonchev–Trinajstić information content (AvgIpc) is 2.47. The Hall–Kier alpha value is -0.720. The van der Waals surface area contributed by atoms with Crippen LogP contribution in [0.15, 0.2) is 24.3 Å². The van der Waals surface area contributed by atoms with Gasteiger partial charge in [-0.05, 0) is 30.7 Å². The van der Waals surface area contributed by atoms with Crippen molar-refractivity contribution in [3.05, 3.63) is 35.4 Å². The Morgan fingerprint density at radius 3 is 2.57 bits per heavy atom. The number of alkyl halides is 3. The van der Waals surface area contributed by atoms with Gasteiger partial charge in [0.05, 0.1) is 18.3 Å². The molecule has 1 fully saturated rings. The molecule has 1 aromatic rings. The standard InChI is InChI=1S/C15H20F3NOS/c1-2-19-13(14-10-21-8-7-20-14)9-11-3-5-12(6-4-11)15(16,17)18/h3-6,13-14,19H,2,7-10H2,1H3. The molecular formula is C15H20F3NOS. The predicted octanol–water partition coefficient (Wildman–Crippen LogP) is 3.36. The predicted molar refractivity (Wildman–Crippen MR) is 79.7 cm³/mol. The van der Waals surface area contributed by atoms with Crippen LogP contribution in [0.5, 0.6) is 0 Å². The zero-order valence-electron chi connectivity index (χ0n) is 12.0. The lowest BCUT2D eigenvalue weighted by atomic mass is 10.0. The summed E-state index contributed by atoms with van der Waals surface area (Å²) in [6.45, 7) is 3.58. The maximum absolute atomic E-state index is 12.6. The molecule has 2 nitrogen and oxygen atoms in total. The van der Waals surface area contributed by atoms with Gasteiger partial charge in [0.25, 0.3) is 0 Å². The minimum absolute atomic E-state index is 0.117. The molecule has 6 heteroatoms. The minimum atomic E-state index is -4.28. The summed E-state index contributed by atoms with van der Waals surface area (Å²) in [5, 5.41) is 3.39. The largest absolute Gasteiger partial charge is 0.416 e. The van der Waals surface area contributed by atoms with Crippen LogP contribution in [-0.4, -0.2) is 36.8 Å². The van der Waals surface area contributed by atoms with Crippen molar-refractivity contribution in [2.75, 3.05) is 24.7 Å². The molecular weight excluding hydrogens is 299 g/mol. The molecule has 2 atom stereocenters. The molecule has 21 heavy (non-hydrogen) atoms. The van der Waals surface area contributed by atoms with E-state index in [1.165, 1.54) is 0 Å². The van der Waals surface area contributed by atoms with Gasteiger partial charge in [0.2, 0.25) is 0 Å². The lowest BCUT2D eigenvalue weighted by Crippen LogP contribution is -2.46. The van der Waals surface area contributed by atoms with Crippen molar-refractivity contribution < 1.29 is 17.9 Å². The van der Waals surface area contributed by atoms with Crippen LogP contribution in [0, 0.1) is 0 Å². The topological polar surface area (TPSA) is 21.3 Å². The van der Waals surface area contributed by atoms with Gasteiger partial charge >= 0.3 is 6.18 Å². The van der Waals surface area contributed by atoms with Crippen molar-refractivity contribution >= 4 is 11.8 Å². The molecule has 0 aliphatic carbocycles. The van der Waals surface area contributed by atoms with E-state index in [1.807, 2.05) is 18.7 Å². The Labute approximate surface area is 127 Å². The van der Waals surface area contributed by atoms with Gasteiger partial charge in [-0.2, -0.15) is 24.9 Å². The summed E-state index contributed by atoms with van der Waals surface area (Å²) in [7, 11) is 0. The maximum atomic E-state index is 12.6. The molecule has 0 spiro atoms. The zero-order chi connectivity index (χ0) is 15.3. The number of ether oxygens (including phenoxy) is 1. The third-order valence-corrected chi connectivity index (χ3v) is 4.51. The van der Waals surface area contributed by atoms with E-state index in [0.29, 0.717) is 6.42 Å². The molecule has 0 radical (unpaired) electrons. The molecule has 0 aromatic heterocycles. The highest BCUT2D eigenvalue weighted by Gasteiger charge is 2.30. The van der Waals surface area contributed by atoms with Gasteiger partial charge in [0.1, 0.15) is 0 Å². The van der Waals surface area contributed by atoms with Crippen LogP contribution in [-0.2, 0) is 17.3 Å². The molecule has 1 aliphatic rings. The summed E-state index contributed by atoms with van der Waals surface area (Å²) in [5.41, 5.74) is 0.295. The van der Waals surface area contributed by atoms with Gasteiger partial charge in [0.15, 0.2) is 0 Å². The number of rotatable bonds is 5. The van der Waals surface area contributed by atoms with Gasteiger partial charge in [-0.3, -0.25) is 0 Å². The fourth-order valence-corrected chi connectivity index (χ4v) is 3.36. The molecule has 0 amide bonds. The lowest BCUT2D eigenvalue weighted by molar-refractivity contribution is -0.137. The number of hydrogen-bond donors (Lipinski definition) is 1. The number of nitrogens with one attached hydrogen (secondary N) is 1. The van der Waals surface area contributed by atoms with Crippen LogP contribution in [0.1, 0.15) is 18.1 Å². The van der Waals surface area contributed by atoms with Crippen molar-refractivity contribution in [2.24, 2.45) is 0 Å². The number of thioether (sulfide) groups is 1. The Bertz CT molecular complexity index is 430. The first-order valence-corrected chi connectivity index (χ1v) is 8.25. The molecule has 2 rings (SSSR count). The van der Waals surface area contributed by atoms with Gasteiger partial charge < -0.3 is 10.1 Å². The van der Waals surface area contributed by atoms with Crippen molar-refractivity contribution in [3.8, 4) is 0 Å². The Kier molecular flexibility index (Phi) is 5.96. The number of hydrogen-bond acceptors (Lipinski definition) is 3. The van der Waals surface area contributed by atoms with Gasteiger partial charge in [-0.15, -0.1) is 0 Å². The highest BCUT2D eigenvalue weighted by atomic mass is 32.2. The molecule has 1 aromatic carbocycles. The zero-order valence-corrected chi connectivity index (χ0v) is 12.8. The van der Waals surface area contributed by atoms with Gasteiger partial charge in [-0.1, -0.05) is 19.1 Å². The van der Waals surface area contributed by atoms with Crippen LogP contribution >= 0.6 is 11.8 Å². The third-order valence-electron chi connectivity index (χ3n) is 3.49. The fraction of sp³-hybridized carbons (Fsp3) is 0.600. The molecule has 1 saturated heterocycles. The lowest BCUT2D eigenvalue weighted by Gasteiger charge is -2.31. The van der Waals surface area contributed by atoms with Crippen molar-refractivity contribution in [2.45, 2.75) is 31.7 Å². The second-order valence-electron chi connectivity index (χ2n) is 5.05. The summed E-state index contributed by atoms with van der Waals surface area (Å²) < 4.78 is 43.5. The summed E-state index contributed by atoms with van der Waals surface area (Å²) in [6, 6.07) is 5.55. The minimum Gasteiger partial charge on any atom is -0.375 e. The third kappa shape index (κ3) is 4.90. The van der Waals surface area contributed by atoms with E-state index in [4.69, 9.17) is 4.74 Å². The number of benzene rings is 1. The Morgan fingerprint density at radius 2 is 2.05 bits per heavy atom. The van der Waals surface area contributed by atoms with Crippen LogP contribution in [0.2, 0.25) is 0 Å². The summed E-state index contributed by atoms with van der Waals surface area (Å²) >= 11 is 1.86. The quantitative estimate of drug-likeness (QED) is 0.899. The van der Waals surface area contributed by atoms with E-state index < -0.39 is 11.7 Å². The Balaban J connectivity index is 2.02.